The van der Waals surface area contributed by atoms with Gasteiger partial charge in [-0.1, -0.05) is 37.8 Å². The van der Waals surface area contributed by atoms with Crippen LogP contribution in [0, 0.1) is 11.8 Å². The molecule has 2 aliphatic rings. The standard InChI is InChI=1S/C14H23N3OS/c1-6-7-8-13(3)10-9(2)14(10,11(18)17(4)5)19-12(15)16-13/h7-10H,6H2,1-5H3,(H2,15,16)/b8-7+/t9-,10+,13+,14-/m0/s1. The van der Waals surface area contributed by atoms with E-state index in [9.17, 15) is 4.79 Å². The molecular formula is C14H23N3OS. The average molecular weight is 281 g/mol. The quantitative estimate of drug-likeness (QED) is 0.803. The minimum Gasteiger partial charge on any atom is -0.378 e. The molecule has 1 saturated carbocycles. The second-order valence-corrected chi connectivity index (χ2v) is 7.15. The zero-order valence-electron chi connectivity index (χ0n) is 12.3. The van der Waals surface area contributed by atoms with Gasteiger partial charge in [0.15, 0.2) is 5.17 Å². The second-order valence-electron chi connectivity index (χ2n) is 5.85. The number of allylic oxidation sites excluding steroid dienone is 1. The molecule has 0 aromatic heterocycles. The lowest BCUT2D eigenvalue weighted by Crippen LogP contribution is -2.44. The van der Waals surface area contributed by atoms with E-state index in [1.165, 1.54) is 11.8 Å². The number of amidine groups is 1. The molecule has 0 spiro atoms. The third-order valence-corrected chi connectivity index (χ3v) is 5.65. The first-order valence-corrected chi connectivity index (χ1v) is 7.55. The predicted molar refractivity (Wildman–Crippen MR) is 81.1 cm³/mol. The van der Waals surface area contributed by atoms with Crippen LogP contribution in [0.2, 0.25) is 0 Å². The van der Waals surface area contributed by atoms with E-state index in [1.807, 2.05) is 0 Å². The molecule has 1 fully saturated rings. The zero-order valence-corrected chi connectivity index (χ0v) is 13.1. The molecule has 2 N–H and O–H groups in total. The van der Waals surface area contributed by atoms with E-state index >= 15 is 0 Å². The highest BCUT2D eigenvalue weighted by molar-refractivity contribution is 8.15. The molecule has 106 valence electrons. The van der Waals surface area contributed by atoms with Gasteiger partial charge in [-0.25, -0.2) is 0 Å². The summed E-state index contributed by atoms with van der Waals surface area (Å²) in [5.74, 6) is 0.683. The Morgan fingerprint density at radius 2 is 2.21 bits per heavy atom. The van der Waals surface area contributed by atoms with Crippen molar-refractivity contribution in [3.8, 4) is 0 Å². The lowest BCUT2D eigenvalue weighted by Gasteiger charge is -2.31. The topological polar surface area (TPSA) is 58.7 Å². The number of hydrogen-bond acceptors (Lipinski definition) is 4. The molecule has 0 bridgehead atoms. The average Bonchev–Trinajstić information content (AvgIpc) is 2.92. The summed E-state index contributed by atoms with van der Waals surface area (Å²) in [6.07, 6.45) is 5.20. The summed E-state index contributed by atoms with van der Waals surface area (Å²) in [7, 11) is 3.61. The molecular weight excluding hydrogens is 258 g/mol. The largest absolute Gasteiger partial charge is 0.378 e. The first-order valence-electron chi connectivity index (χ1n) is 6.73. The fourth-order valence-corrected chi connectivity index (χ4v) is 5.03. The Morgan fingerprint density at radius 1 is 1.58 bits per heavy atom. The van der Waals surface area contributed by atoms with Gasteiger partial charge in [-0.3, -0.25) is 9.79 Å². The summed E-state index contributed by atoms with van der Waals surface area (Å²) < 4.78 is -0.415. The molecule has 0 aromatic carbocycles. The molecule has 0 saturated heterocycles. The van der Waals surface area contributed by atoms with Gasteiger partial charge in [0.25, 0.3) is 0 Å². The number of aliphatic imine (C=N–C) groups is 1. The van der Waals surface area contributed by atoms with Crippen LogP contribution in [0.25, 0.3) is 0 Å². The van der Waals surface area contributed by atoms with Crippen LogP contribution in [-0.2, 0) is 4.79 Å². The third kappa shape index (κ3) is 1.98. The van der Waals surface area contributed by atoms with E-state index in [-0.39, 0.29) is 17.4 Å². The maximum Gasteiger partial charge on any atom is 0.239 e. The van der Waals surface area contributed by atoms with E-state index in [0.29, 0.717) is 11.1 Å². The smallest absolute Gasteiger partial charge is 0.239 e. The van der Waals surface area contributed by atoms with Crippen molar-refractivity contribution in [2.75, 3.05) is 14.1 Å². The highest BCUT2D eigenvalue weighted by Gasteiger charge is 2.75. The summed E-state index contributed by atoms with van der Waals surface area (Å²) in [6.45, 7) is 6.31. The molecule has 1 aliphatic carbocycles. The van der Waals surface area contributed by atoms with Gasteiger partial charge in [0, 0.05) is 20.0 Å². The number of thioether (sulfide) groups is 1. The van der Waals surface area contributed by atoms with Crippen LogP contribution in [0.5, 0.6) is 0 Å². The van der Waals surface area contributed by atoms with Gasteiger partial charge in [0.05, 0.1) is 5.54 Å². The molecule has 0 unspecified atom stereocenters. The zero-order chi connectivity index (χ0) is 14.4. The highest BCUT2D eigenvalue weighted by Crippen LogP contribution is 2.67. The van der Waals surface area contributed by atoms with Crippen molar-refractivity contribution in [3.63, 3.8) is 0 Å². The van der Waals surface area contributed by atoms with Gasteiger partial charge in [0.1, 0.15) is 4.75 Å². The highest BCUT2D eigenvalue weighted by atomic mass is 32.2. The Labute approximate surface area is 119 Å². The number of nitrogens with zero attached hydrogens (tertiary/aromatic N) is 2. The summed E-state index contributed by atoms with van der Waals surface area (Å²) in [5.41, 5.74) is 5.64. The molecule has 0 aromatic rings. The Hall–Kier alpha value is -0.970. The molecule has 4 nitrogen and oxygen atoms in total. The number of amides is 1. The first-order chi connectivity index (χ1) is 8.79. The molecule has 4 atom stereocenters. The summed E-state index contributed by atoms with van der Waals surface area (Å²) in [5, 5.41) is 0.527. The van der Waals surface area contributed by atoms with Gasteiger partial charge >= 0.3 is 0 Å². The molecule has 2 rings (SSSR count). The SMILES string of the molecule is CC/C=C/[C@@]1(C)N=C(N)S[C@@]2(C(=O)N(C)C)[C@@H](C)[C@@H]21. The lowest BCUT2D eigenvalue weighted by molar-refractivity contribution is -0.129. The van der Waals surface area contributed by atoms with Crippen molar-refractivity contribution < 1.29 is 4.79 Å². The minimum atomic E-state index is -0.415. The molecule has 1 aliphatic heterocycles. The molecule has 0 radical (unpaired) electrons. The second kappa shape index (κ2) is 4.54. The Kier molecular flexibility index (Phi) is 3.45. The van der Waals surface area contributed by atoms with E-state index < -0.39 is 4.75 Å². The summed E-state index contributed by atoms with van der Waals surface area (Å²) >= 11 is 1.45. The van der Waals surface area contributed by atoms with Gasteiger partial charge in [-0.15, -0.1) is 0 Å². The Morgan fingerprint density at radius 3 is 2.74 bits per heavy atom. The Bertz CT molecular complexity index is 460. The predicted octanol–water partition coefficient (Wildman–Crippen LogP) is 1.87. The maximum atomic E-state index is 12.5. The normalized spacial score (nSPS) is 40.8. The number of rotatable bonds is 3. The van der Waals surface area contributed by atoms with Gasteiger partial charge in [0.2, 0.25) is 5.91 Å². The number of fused-ring (bicyclic) bond motifs is 1. The third-order valence-electron chi connectivity index (χ3n) is 4.21. The van der Waals surface area contributed by atoms with Crippen LogP contribution in [0.4, 0.5) is 0 Å². The molecule has 19 heavy (non-hydrogen) atoms. The van der Waals surface area contributed by atoms with Crippen LogP contribution in [0.1, 0.15) is 27.2 Å². The molecule has 1 amide bonds. The van der Waals surface area contributed by atoms with Crippen molar-refractivity contribution in [1.29, 1.82) is 0 Å². The number of hydrogen-bond donors (Lipinski definition) is 1. The van der Waals surface area contributed by atoms with E-state index in [1.54, 1.807) is 19.0 Å². The molecule has 5 heteroatoms. The number of carbonyl (C=O) groups is 1. The van der Waals surface area contributed by atoms with E-state index in [2.05, 4.69) is 37.9 Å². The summed E-state index contributed by atoms with van der Waals surface area (Å²) in [6, 6.07) is 0. The van der Waals surface area contributed by atoms with Crippen LogP contribution >= 0.6 is 11.8 Å². The fourth-order valence-electron chi connectivity index (χ4n) is 3.35. The van der Waals surface area contributed by atoms with Crippen molar-refractivity contribution in [1.82, 2.24) is 4.90 Å². The van der Waals surface area contributed by atoms with Gasteiger partial charge in [-0.2, -0.15) is 0 Å². The lowest BCUT2D eigenvalue weighted by atomic mass is 9.92. The van der Waals surface area contributed by atoms with E-state index in [0.717, 1.165) is 6.42 Å². The number of carbonyl (C=O) groups excluding carboxylic acids is 1. The van der Waals surface area contributed by atoms with Crippen molar-refractivity contribution in [3.05, 3.63) is 12.2 Å². The first kappa shape index (κ1) is 14.4. The van der Waals surface area contributed by atoms with Crippen molar-refractivity contribution in [2.24, 2.45) is 22.6 Å². The number of nitrogens with two attached hydrogens (primary N) is 1. The van der Waals surface area contributed by atoms with Crippen molar-refractivity contribution >= 4 is 22.8 Å². The minimum absolute atomic E-state index is 0.156. The summed E-state index contributed by atoms with van der Waals surface area (Å²) in [4.78, 5) is 18.8. The van der Waals surface area contributed by atoms with Gasteiger partial charge in [-0.05, 0) is 19.3 Å². The van der Waals surface area contributed by atoms with Crippen LogP contribution in [0.15, 0.2) is 17.1 Å². The van der Waals surface area contributed by atoms with Crippen LogP contribution in [-0.4, -0.2) is 40.4 Å². The maximum absolute atomic E-state index is 12.5. The molecule has 1 heterocycles. The van der Waals surface area contributed by atoms with Crippen molar-refractivity contribution in [2.45, 2.75) is 37.5 Å². The van der Waals surface area contributed by atoms with Gasteiger partial charge < -0.3 is 10.6 Å². The van der Waals surface area contributed by atoms with E-state index in [4.69, 9.17) is 5.73 Å². The van der Waals surface area contributed by atoms with Crippen LogP contribution < -0.4 is 5.73 Å². The monoisotopic (exact) mass is 281 g/mol. The Balaban J connectivity index is 2.40. The fraction of sp³-hybridized carbons (Fsp3) is 0.714. The van der Waals surface area contributed by atoms with Crippen LogP contribution in [0.3, 0.4) is 0 Å².